The summed E-state index contributed by atoms with van der Waals surface area (Å²) in [6.45, 7) is 2.31. The van der Waals surface area contributed by atoms with Gasteiger partial charge in [-0.05, 0) is 19.9 Å². The van der Waals surface area contributed by atoms with Crippen LogP contribution in [0.4, 0.5) is 0 Å². The molecule has 5 nitrogen and oxygen atoms in total. The van der Waals surface area contributed by atoms with Gasteiger partial charge in [0.2, 0.25) is 0 Å². The first kappa shape index (κ1) is 12.8. The van der Waals surface area contributed by atoms with Crippen LogP contribution in [0.3, 0.4) is 0 Å². The summed E-state index contributed by atoms with van der Waals surface area (Å²) in [6.07, 6.45) is 1.81. The summed E-state index contributed by atoms with van der Waals surface area (Å²) in [5.41, 5.74) is 0. The second-order valence-electron chi connectivity index (χ2n) is 5.07. The highest BCUT2D eigenvalue weighted by Crippen LogP contribution is 2.23. The fourth-order valence-electron chi connectivity index (χ4n) is 2.76. The van der Waals surface area contributed by atoms with Crippen molar-refractivity contribution in [2.24, 2.45) is 0 Å². The molecule has 0 aromatic rings. The van der Waals surface area contributed by atoms with Crippen LogP contribution in [0.25, 0.3) is 0 Å². The fourth-order valence-corrected chi connectivity index (χ4v) is 4.53. The molecular weight excluding hydrogens is 238 g/mol. The van der Waals surface area contributed by atoms with E-state index >= 15 is 0 Å². The molecule has 0 bridgehead atoms. The number of rotatable bonds is 3. The van der Waals surface area contributed by atoms with Gasteiger partial charge < -0.3 is 0 Å². The number of hydrogen-bond donors (Lipinski definition) is 0. The number of nitrogens with zero attached hydrogens (tertiary/aromatic N) is 3. The zero-order chi connectivity index (χ0) is 12.5. The quantitative estimate of drug-likeness (QED) is 0.650. The highest BCUT2D eigenvalue weighted by atomic mass is 32.2. The lowest BCUT2D eigenvalue weighted by atomic mass is 10.2. The third-order valence-corrected chi connectivity index (χ3v) is 5.61. The standard InChI is InChI=1S/C11H19N3O2S/c1-13(6-4-12)10-2-5-14(8-10)11-3-7-17(15,16)9-11/h10-11H,2-3,5-9H2,1H3. The van der Waals surface area contributed by atoms with E-state index in [1.54, 1.807) is 0 Å². The average molecular weight is 257 g/mol. The molecule has 2 aliphatic rings. The van der Waals surface area contributed by atoms with Crippen molar-refractivity contribution >= 4 is 9.84 Å². The van der Waals surface area contributed by atoms with Gasteiger partial charge in [-0.2, -0.15) is 5.26 Å². The minimum Gasteiger partial charge on any atom is -0.298 e. The molecule has 2 fully saturated rings. The molecule has 17 heavy (non-hydrogen) atoms. The third-order valence-electron chi connectivity index (χ3n) is 3.86. The lowest BCUT2D eigenvalue weighted by Gasteiger charge is -2.25. The molecule has 0 aliphatic carbocycles. The van der Waals surface area contributed by atoms with Gasteiger partial charge in [-0.3, -0.25) is 9.80 Å². The molecule has 2 saturated heterocycles. The van der Waals surface area contributed by atoms with Crippen LogP contribution in [0.1, 0.15) is 12.8 Å². The Bertz CT molecular complexity index is 415. The molecule has 0 amide bonds. The maximum absolute atomic E-state index is 11.4. The van der Waals surface area contributed by atoms with Crippen LogP contribution in [0.15, 0.2) is 0 Å². The molecule has 2 heterocycles. The first-order valence-electron chi connectivity index (χ1n) is 6.03. The van der Waals surface area contributed by atoms with Crippen molar-refractivity contribution in [3.63, 3.8) is 0 Å². The van der Waals surface area contributed by atoms with E-state index in [0.717, 1.165) is 25.9 Å². The summed E-state index contributed by atoms with van der Waals surface area (Å²) in [5.74, 6) is 0.661. The van der Waals surface area contributed by atoms with Gasteiger partial charge >= 0.3 is 0 Å². The first-order chi connectivity index (χ1) is 8.02. The number of nitriles is 1. The highest BCUT2D eigenvalue weighted by Gasteiger charge is 2.36. The zero-order valence-electron chi connectivity index (χ0n) is 10.2. The summed E-state index contributed by atoms with van der Waals surface area (Å²) in [7, 11) is -0.827. The molecule has 2 rings (SSSR count). The maximum Gasteiger partial charge on any atom is 0.151 e. The van der Waals surface area contributed by atoms with Crippen LogP contribution in [-0.2, 0) is 9.84 Å². The third kappa shape index (κ3) is 2.97. The van der Waals surface area contributed by atoms with Gasteiger partial charge in [0.1, 0.15) is 0 Å². The Morgan fingerprint density at radius 3 is 2.82 bits per heavy atom. The minimum atomic E-state index is -2.79. The lowest BCUT2D eigenvalue weighted by Crippen LogP contribution is -2.39. The zero-order valence-corrected chi connectivity index (χ0v) is 11.0. The second-order valence-corrected chi connectivity index (χ2v) is 7.30. The van der Waals surface area contributed by atoms with E-state index in [2.05, 4.69) is 15.9 Å². The van der Waals surface area contributed by atoms with Gasteiger partial charge in [0.25, 0.3) is 0 Å². The van der Waals surface area contributed by atoms with E-state index in [4.69, 9.17) is 5.26 Å². The van der Waals surface area contributed by atoms with Gasteiger partial charge in [0.05, 0.1) is 24.1 Å². The summed E-state index contributed by atoms with van der Waals surface area (Å²) in [6, 6.07) is 2.76. The first-order valence-corrected chi connectivity index (χ1v) is 7.85. The molecule has 0 spiro atoms. The fraction of sp³-hybridized carbons (Fsp3) is 0.909. The largest absolute Gasteiger partial charge is 0.298 e. The van der Waals surface area contributed by atoms with Crippen molar-refractivity contribution in [1.82, 2.24) is 9.80 Å². The lowest BCUT2D eigenvalue weighted by molar-refractivity contribution is 0.221. The second kappa shape index (κ2) is 4.92. The van der Waals surface area contributed by atoms with Crippen molar-refractivity contribution in [2.45, 2.75) is 24.9 Å². The van der Waals surface area contributed by atoms with E-state index in [1.807, 2.05) is 7.05 Å². The van der Waals surface area contributed by atoms with Gasteiger partial charge in [0.15, 0.2) is 9.84 Å². The molecule has 2 aliphatic heterocycles. The molecule has 6 heteroatoms. The Morgan fingerprint density at radius 2 is 2.24 bits per heavy atom. The molecule has 2 unspecified atom stereocenters. The minimum absolute atomic E-state index is 0.209. The predicted molar refractivity (Wildman–Crippen MR) is 65.3 cm³/mol. The highest BCUT2D eigenvalue weighted by molar-refractivity contribution is 7.91. The van der Waals surface area contributed by atoms with Crippen molar-refractivity contribution in [3.8, 4) is 6.07 Å². The molecule has 0 N–H and O–H groups in total. The van der Waals surface area contributed by atoms with Crippen LogP contribution in [0.5, 0.6) is 0 Å². The average Bonchev–Trinajstić information content (AvgIpc) is 2.84. The SMILES string of the molecule is CN(CC#N)C1CCN(C2CCS(=O)(=O)C2)C1. The molecule has 0 aromatic heterocycles. The van der Waals surface area contributed by atoms with Gasteiger partial charge in [0, 0.05) is 25.2 Å². The summed E-state index contributed by atoms with van der Waals surface area (Å²) >= 11 is 0. The van der Waals surface area contributed by atoms with Gasteiger partial charge in [-0.15, -0.1) is 0 Å². The topological polar surface area (TPSA) is 64.4 Å². The Morgan fingerprint density at radius 1 is 1.47 bits per heavy atom. The Hall–Kier alpha value is -0.640. The van der Waals surface area contributed by atoms with Crippen LogP contribution in [0.2, 0.25) is 0 Å². The monoisotopic (exact) mass is 257 g/mol. The van der Waals surface area contributed by atoms with Crippen molar-refractivity contribution in [1.29, 1.82) is 5.26 Å². The number of likely N-dealkylation sites (tertiary alicyclic amines) is 1. The van der Waals surface area contributed by atoms with Crippen molar-refractivity contribution in [2.75, 3.05) is 38.2 Å². The number of hydrogen-bond acceptors (Lipinski definition) is 5. The maximum atomic E-state index is 11.4. The van der Waals surface area contributed by atoms with Crippen LogP contribution in [0, 0.1) is 11.3 Å². The molecule has 0 aromatic carbocycles. The van der Waals surface area contributed by atoms with E-state index in [1.165, 1.54) is 0 Å². The van der Waals surface area contributed by atoms with Crippen LogP contribution < -0.4 is 0 Å². The molecule has 2 atom stereocenters. The summed E-state index contributed by atoms with van der Waals surface area (Å²) < 4.78 is 22.9. The number of sulfone groups is 1. The van der Waals surface area contributed by atoms with Gasteiger partial charge in [-0.1, -0.05) is 0 Å². The Kier molecular flexibility index (Phi) is 3.71. The van der Waals surface area contributed by atoms with Crippen molar-refractivity contribution in [3.05, 3.63) is 0 Å². The molecular formula is C11H19N3O2S. The predicted octanol–water partition coefficient (Wildman–Crippen LogP) is -0.297. The smallest absolute Gasteiger partial charge is 0.151 e. The van der Waals surface area contributed by atoms with E-state index in [9.17, 15) is 8.42 Å². The Labute approximate surface area is 103 Å². The van der Waals surface area contributed by atoms with Gasteiger partial charge in [-0.25, -0.2) is 8.42 Å². The van der Waals surface area contributed by atoms with E-state index < -0.39 is 9.84 Å². The van der Waals surface area contributed by atoms with Crippen molar-refractivity contribution < 1.29 is 8.42 Å². The normalized spacial score (nSPS) is 33.0. The molecule has 96 valence electrons. The molecule has 0 radical (unpaired) electrons. The number of likely N-dealkylation sites (N-methyl/N-ethyl adjacent to an activating group) is 1. The Balaban J connectivity index is 1.89. The van der Waals surface area contributed by atoms with Crippen LogP contribution in [-0.4, -0.2) is 68.5 Å². The summed E-state index contributed by atoms with van der Waals surface area (Å²) in [4.78, 5) is 4.34. The van der Waals surface area contributed by atoms with Crippen LogP contribution >= 0.6 is 0 Å². The molecule has 0 saturated carbocycles. The summed E-state index contributed by atoms with van der Waals surface area (Å²) in [5, 5.41) is 8.66. The van der Waals surface area contributed by atoms with E-state index in [-0.39, 0.29) is 6.04 Å². The van der Waals surface area contributed by atoms with E-state index in [0.29, 0.717) is 24.1 Å².